The number of ether oxygens (including phenoxy) is 2. The van der Waals surface area contributed by atoms with Crippen LogP contribution in [-0.4, -0.2) is 40.0 Å². The second kappa shape index (κ2) is 10.1. The van der Waals surface area contributed by atoms with Gasteiger partial charge in [0, 0.05) is 20.3 Å². The van der Waals surface area contributed by atoms with Gasteiger partial charge in [-0.15, -0.1) is 0 Å². The third kappa shape index (κ3) is 6.15. The second-order valence-corrected chi connectivity index (χ2v) is 4.31. The van der Waals surface area contributed by atoms with Crippen LogP contribution >= 0.6 is 0 Å². The topological polar surface area (TPSA) is 30.5 Å². The third-order valence-electron chi connectivity index (χ3n) is 2.95. The molecule has 1 unspecified atom stereocenters. The van der Waals surface area contributed by atoms with Crippen LogP contribution in [0.3, 0.4) is 0 Å². The van der Waals surface area contributed by atoms with E-state index in [0.717, 1.165) is 26.1 Å². The Morgan fingerprint density at radius 1 is 1.11 bits per heavy atom. The molecule has 0 saturated heterocycles. The molecule has 1 aromatic rings. The first-order chi connectivity index (χ1) is 8.88. The zero-order valence-corrected chi connectivity index (χ0v) is 11.5. The number of rotatable bonds is 10. The molecule has 3 nitrogen and oxygen atoms in total. The van der Waals surface area contributed by atoms with Crippen molar-refractivity contribution in [2.75, 3.05) is 40.0 Å². The Kier molecular flexibility index (Phi) is 8.47. The van der Waals surface area contributed by atoms with Crippen LogP contribution in [0.15, 0.2) is 30.3 Å². The van der Waals surface area contributed by atoms with E-state index in [2.05, 4.69) is 42.6 Å². The van der Waals surface area contributed by atoms with E-state index in [9.17, 15) is 0 Å². The van der Waals surface area contributed by atoms with Crippen molar-refractivity contribution in [2.24, 2.45) is 0 Å². The quantitative estimate of drug-likeness (QED) is 0.648. The van der Waals surface area contributed by atoms with Crippen LogP contribution in [0, 0.1) is 0 Å². The van der Waals surface area contributed by atoms with Crippen LogP contribution in [0.25, 0.3) is 0 Å². The highest BCUT2D eigenvalue weighted by Crippen LogP contribution is 2.18. The van der Waals surface area contributed by atoms with E-state index in [1.54, 1.807) is 7.11 Å². The molecule has 1 aromatic carbocycles. The van der Waals surface area contributed by atoms with E-state index in [1.807, 2.05) is 0 Å². The number of nitrogens with one attached hydrogen (secondary N) is 1. The highest BCUT2D eigenvalue weighted by Gasteiger charge is 2.10. The van der Waals surface area contributed by atoms with Gasteiger partial charge in [-0.1, -0.05) is 37.3 Å². The molecule has 18 heavy (non-hydrogen) atoms. The number of likely N-dealkylation sites (N-methyl/N-ethyl adjacent to an activating group) is 1. The van der Waals surface area contributed by atoms with Crippen molar-refractivity contribution >= 4 is 0 Å². The molecule has 0 radical (unpaired) electrons. The van der Waals surface area contributed by atoms with Gasteiger partial charge in [0.2, 0.25) is 0 Å². The van der Waals surface area contributed by atoms with E-state index in [0.29, 0.717) is 19.1 Å². The normalized spacial score (nSPS) is 12.6. The summed E-state index contributed by atoms with van der Waals surface area (Å²) in [4.78, 5) is 0. The zero-order chi connectivity index (χ0) is 13.1. The van der Waals surface area contributed by atoms with Gasteiger partial charge in [-0.3, -0.25) is 0 Å². The smallest absolute Gasteiger partial charge is 0.0700 e. The lowest BCUT2D eigenvalue weighted by molar-refractivity contribution is 0.0670. The Labute approximate surface area is 110 Å². The van der Waals surface area contributed by atoms with Gasteiger partial charge in [-0.2, -0.15) is 0 Å². The summed E-state index contributed by atoms with van der Waals surface area (Å²) >= 11 is 0. The predicted octanol–water partition coefficient (Wildman–Crippen LogP) is 2.43. The maximum absolute atomic E-state index is 5.55. The molecule has 102 valence electrons. The van der Waals surface area contributed by atoms with Gasteiger partial charge >= 0.3 is 0 Å². The molecular weight excluding hydrogens is 226 g/mol. The summed E-state index contributed by atoms with van der Waals surface area (Å²) in [6, 6.07) is 10.6. The monoisotopic (exact) mass is 251 g/mol. The SMILES string of the molecule is CCNCC(CCOCCOC)c1ccccc1. The molecule has 0 saturated carbocycles. The Balaban J connectivity index is 2.36. The predicted molar refractivity (Wildman–Crippen MR) is 75.0 cm³/mol. The Bertz CT molecular complexity index is 290. The minimum absolute atomic E-state index is 0.522. The average Bonchev–Trinajstić information content (AvgIpc) is 2.43. The van der Waals surface area contributed by atoms with Crippen molar-refractivity contribution in [1.29, 1.82) is 0 Å². The summed E-state index contributed by atoms with van der Waals surface area (Å²) in [6.45, 7) is 6.29. The third-order valence-corrected chi connectivity index (χ3v) is 2.95. The maximum atomic E-state index is 5.55. The van der Waals surface area contributed by atoms with E-state index >= 15 is 0 Å². The van der Waals surface area contributed by atoms with E-state index < -0.39 is 0 Å². The lowest BCUT2D eigenvalue weighted by Gasteiger charge is -2.17. The van der Waals surface area contributed by atoms with E-state index in [1.165, 1.54) is 5.56 Å². The molecule has 1 atom stereocenters. The largest absolute Gasteiger partial charge is 0.382 e. The zero-order valence-electron chi connectivity index (χ0n) is 11.5. The van der Waals surface area contributed by atoms with Crippen molar-refractivity contribution in [2.45, 2.75) is 19.3 Å². The molecule has 0 aliphatic carbocycles. The summed E-state index contributed by atoms with van der Waals surface area (Å²) in [5, 5.41) is 3.42. The fraction of sp³-hybridized carbons (Fsp3) is 0.600. The molecular formula is C15H25NO2. The van der Waals surface area contributed by atoms with Gasteiger partial charge < -0.3 is 14.8 Å². The lowest BCUT2D eigenvalue weighted by Crippen LogP contribution is -2.22. The van der Waals surface area contributed by atoms with Crippen LogP contribution < -0.4 is 5.32 Å². The standard InChI is InChI=1S/C15H25NO2/c1-3-16-13-15(9-10-18-12-11-17-2)14-7-5-4-6-8-14/h4-8,15-16H,3,9-13H2,1-2H3. The van der Waals surface area contributed by atoms with Crippen LogP contribution in [0.1, 0.15) is 24.8 Å². The Morgan fingerprint density at radius 3 is 2.56 bits per heavy atom. The summed E-state index contributed by atoms with van der Waals surface area (Å²) in [5.41, 5.74) is 1.38. The molecule has 0 aliphatic rings. The number of hydrogen-bond donors (Lipinski definition) is 1. The van der Waals surface area contributed by atoms with Crippen LogP contribution in [0.5, 0.6) is 0 Å². The van der Waals surface area contributed by atoms with Gasteiger partial charge in [0.1, 0.15) is 0 Å². The first-order valence-electron chi connectivity index (χ1n) is 6.70. The molecule has 0 fully saturated rings. The highest BCUT2D eigenvalue weighted by atomic mass is 16.5. The van der Waals surface area contributed by atoms with Gasteiger partial charge in [0.05, 0.1) is 13.2 Å². The molecule has 0 spiro atoms. The summed E-state index contributed by atoms with van der Waals surface area (Å²) in [7, 11) is 1.70. The average molecular weight is 251 g/mol. The maximum Gasteiger partial charge on any atom is 0.0700 e. The molecule has 3 heteroatoms. The van der Waals surface area contributed by atoms with Crippen LogP contribution in [0.2, 0.25) is 0 Å². The summed E-state index contributed by atoms with van der Waals surface area (Å²) in [5.74, 6) is 0.522. The first kappa shape index (κ1) is 15.2. The van der Waals surface area contributed by atoms with E-state index in [4.69, 9.17) is 9.47 Å². The highest BCUT2D eigenvalue weighted by molar-refractivity contribution is 5.19. The lowest BCUT2D eigenvalue weighted by atomic mass is 9.96. The summed E-state index contributed by atoms with van der Waals surface area (Å²) in [6.07, 6.45) is 1.04. The minimum atomic E-state index is 0.522. The first-order valence-corrected chi connectivity index (χ1v) is 6.70. The molecule has 0 amide bonds. The van der Waals surface area contributed by atoms with Gasteiger partial charge in [0.15, 0.2) is 0 Å². The number of methoxy groups -OCH3 is 1. The second-order valence-electron chi connectivity index (χ2n) is 4.31. The minimum Gasteiger partial charge on any atom is -0.382 e. The van der Waals surface area contributed by atoms with Crippen molar-refractivity contribution in [3.63, 3.8) is 0 Å². The van der Waals surface area contributed by atoms with Crippen molar-refractivity contribution < 1.29 is 9.47 Å². The molecule has 1 rings (SSSR count). The number of hydrogen-bond acceptors (Lipinski definition) is 3. The number of benzene rings is 1. The Morgan fingerprint density at radius 2 is 1.89 bits per heavy atom. The molecule has 1 N–H and O–H groups in total. The fourth-order valence-corrected chi connectivity index (χ4v) is 1.90. The van der Waals surface area contributed by atoms with Crippen LogP contribution in [-0.2, 0) is 9.47 Å². The van der Waals surface area contributed by atoms with Crippen molar-refractivity contribution in [3.8, 4) is 0 Å². The molecule has 0 aromatic heterocycles. The Hall–Kier alpha value is -0.900. The van der Waals surface area contributed by atoms with Crippen molar-refractivity contribution in [1.82, 2.24) is 5.32 Å². The van der Waals surface area contributed by atoms with Crippen LogP contribution in [0.4, 0.5) is 0 Å². The van der Waals surface area contributed by atoms with Gasteiger partial charge in [-0.25, -0.2) is 0 Å². The fourth-order valence-electron chi connectivity index (χ4n) is 1.90. The van der Waals surface area contributed by atoms with Crippen molar-refractivity contribution in [3.05, 3.63) is 35.9 Å². The molecule has 0 heterocycles. The van der Waals surface area contributed by atoms with Gasteiger partial charge in [0.25, 0.3) is 0 Å². The summed E-state index contributed by atoms with van der Waals surface area (Å²) < 4.78 is 10.5. The van der Waals surface area contributed by atoms with Gasteiger partial charge in [-0.05, 0) is 24.4 Å². The van der Waals surface area contributed by atoms with E-state index in [-0.39, 0.29) is 0 Å². The molecule has 0 aliphatic heterocycles. The molecule has 0 bridgehead atoms.